The van der Waals surface area contributed by atoms with Crippen molar-refractivity contribution < 1.29 is 9.84 Å². The van der Waals surface area contributed by atoms with Crippen LogP contribution in [0.2, 0.25) is 0 Å². The van der Waals surface area contributed by atoms with E-state index in [-0.39, 0.29) is 12.1 Å². The van der Waals surface area contributed by atoms with Crippen molar-refractivity contribution in [2.45, 2.75) is 38.8 Å². The fraction of sp³-hybridized carbons (Fsp3) is 0.571. The summed E-state index contributed by atoms with van der Waals surface area (Å²) in [5.74, 6) is 0.868. The lowest BCUT2D eigenvalue weighted by molar-refractivity contribution is 0.157. The average Bonchev–Trinajstić information content (AvgIpc) is 2.36. The third kappa shape index (κ3) is 4.75. The van der Waals surface area contributed by atoms with Gasteiger partial charge in [-0.25, -0.2) is 0 Å². The van der Waals surface area contributed by atoms with Crippen LogP contribution in [-0.2, 0) is 0 Å². The number of nitrogens with one attached hydrogen (secondary N) is 1. The van der Waals surface area contributed by atoms with Crippen LogP contribution < -0.4 is 10.1 Å². The van der Waals surface area contributed by atoms with Gasteiger partial charge >= 0.3 is 0 Å². The first-order valence-electron chi connectivity index (χ1n) is 6.22. The van der Waals surface area contributed by atoms with E-state index >= 15 is 0 Å². The fourth-order valence-electron chi connectivity index (χ4n) is 1.76. The highest BCUT2D eigenvalue weighted by molar-refractivity contribution is 5.28. The van der Waals surface area contributed by atoms with Crippen molar-refractivity contribution in [2.24, 2.45) is 0 Å². The van der Waals surface area contributed by atoms with Gasteiger partial charge < -0.3 is 15.2 Å². The second-order valence-corrected chi connectivity index (χ2v) is 4.35. The summed E-state index contributed by atoms with van der Waals surface area (Å²) in [4.78, 5) is 0. The number of aliphatic hydroxyl groups is 1. The fourth-order valence-corrected chi connectivity index (χ4v) is 1.76. The number of hydrogen-bond donors (Lipinski definition) is 2. The van der Waals surface area contributed by atoms with Gasteiger partial charge in [-0.2, -0.15) is 0 Å². The first-order valence-corrected chi connectivity index (χ1v) is 6.22. The summed E-state index contributed by atoms with van der Waals surface area (Å²) in [5.41, 5.74) is 1.20. The molecular weight excluding hydrogens is 214 g/mol. The molecule has 3 nitrogen and oxygen atoms in total. The Morgan fingerprint density at radius 3 is 2.47 bits per heavy atom. The van der Waals surface area contributed by atoms with E-state index in [4.69, 9.17) is 4.74 Å². The number of ether oxygens (including phenoxy) is 1. The smallest absolute Gasteiger partial charge is 0.118 e. The van der Waals surface area contributed by atoms with E-state index in [0.717, 1.165) is 18.6 Å². The molecule has 1 aromatic rings. The van der Waals surface area contributed by atoms with Gasteiger partial charge in [-0.3, -0.25) is 0 Å². The van der Waals surface area contributed by atoms with Crippen molar-refractivity contribution in [1.82, 2.24) is 5.32 Å². The van der Waals surface area contributed by atoms with Crippen molar-refractivity contribution >= 4 is 0 Å². The van der Waals surface area contributed by atoms with Gasteiger partial charge in [-0.05, 0) is 31.0 Å². The van der Waals surface area contributed by atoms with Gasteiger partial charge in [0.25, 0.3) is 0 Å². The molecule has 0 heterocycles. The summed E-state index contributed by atoms with van der Waals surface area (Å²) in [6.45, 7) is 4.82. The van der Waals surface area contributed by atoms with Crippen LogP contribution in [0.4, 0.5) is 0 Å². The minimum absolute atomic E-state index is 0.243. The van der Waals surface area contributed by atoms with Crippen LogP contribution >= 0.6 is 0 Å². The van der Waals surface area contributed by atoms with Gasteiger partial charge in [-0.15, -0.1) is 0 Å². The van der Waals surface area contributed by atoms with Crippen LogP contribution in [0.1, 0.15) is 38.3 Å². The summed E-state index contributed by atoms with van der Waals surface area (Å²) < 4.78 is 5.12. The molecule has 0 fully saturated rings. The maximum absolute atomic E-state index is 9.64. The van der Waals surface area contributed by atoms with Crippen LogP contribution in [0, 0.1) is 0 Å². The van der Waals surface area contributed by atoms with Crippen LogP contribution in [0.5, 0.6) is 5.75 Å². The molecule has 96 valence electrons. The van der Waals surface area contributed by atoms with Crippen molar-refractivity contribution in [3.63, 3.8) is 0 Å². The first kappa shape index (κ1) is 14.0. The number of benzene rings is 1. The zero-order valence-electron chi connectivity index (χ0n) is 10.9. The molecule has 0 aromatic heterocycles. The molecule has 0 amide bonds. The summed E-state index contributed by atoms with van der Waals surface area (Å²) in [7, 11) is 1.66. The van der Waals surface area contributed by atoms with Gasteiger partial charge in [0.05, 0.1) is 13.2 Å². The normalized spacial score (nSPS) is 14.4. The number of hydrogen-bond acceptors (Lipinski definition) is 3. The molecule has 0 saturated carbocycles. The third-order valence-electron chi connectivity index (χ3n) is 2.90. The SMILES string of the molecule is CCCC(O)CNC(C)c1ccc(OC)cc1. The van der Waals surface area contributed by atoms with Crippen molar-refractivity contribution in [1.29, 1.82) is 0 Å². The molecule has 0 aliphatic heterocycles. The van der Waals surface area contributed by atoms with Crippen LogP contribution in [0.15, 0.2) is 24.3 Å². The van der Waals surface area contributed by atoms with E-state index < -0.39 is 0 Å². The molecular formula is C14H23NO2. The van der Waals surface area contributed by atoms with Crippen LogP contribution in [0.3, 0.4) is 0 Å². The standard InChI is InChI=1S/C14H23NO2/c1-4-5-13(16)10-15-11(2)12-6-8-14(17-3)9-7-12/h6-9,11,13,15-16H,4-5,10H2,1-3H3. The maximum atomic E-state index is 9.64. The average molecular weight is 237 g/mol. The Morgan fingerprint density at radius 2 is 1.94 bits per heavy atom. The highest BCUT2D eigenvalue weighted by atomic mass is 16.5. The van der Waals surface area contributed by atoms with Gasteiger partial charge in [0.2, 0.25) is 0 Å². The van der Waals surface area contributed by atoms with E-state index in [2.05, 4.69) is 19.2 Å². The van der Waals surface area contributed by atoms with Crippen molar-refractivity contribution in [2.75, 3.05) is 13.7 Å². The molecule has 0 bridgehead atoms. The Morgan fingerprint density at radius 1 is 1.29 bits per heavy atom. The second-order valence-electron chi connectivity index (χ2n) is 4.35. The van der Waals surface area contributed by atoms with E-state index in [1.807, 2.05) is 24.3 Å². The highest BCUT2D eigenvalue weighted by Gasteiger charge is 2.08. The molecule has 1 rings (SSSR count). The summed E-state index contributed by atoms with van der Waals surface area (Å²) in [5, 5.41) is 13.0. The largest absolute Gasteiger partial charge is 0.497 e. The van der Waals surface area contributed by atoms with Crippen molar-refractivity contribution in [3.05, 3.63) is 29.8 Å². The molecule has 2 atom stereocenters. The van der Waals surface area contributed by atoms with E-state index in [1.54, 1.807) is 7.11 Å². The molecule has 1 aromatic carbocycles. The molecule has 0 spiro atoms. The summed E-state index contributed by atoms with van der Waals surface area (Å²) >= 11 is 0. The van der Waals surface area contributed by atoms with Gasteiger partial charge in [0.15, 0.2) is 0 Å². The van der Waals surface area contributed by atoms with E-state index in [9.17, 15) is 5.11 Å². The molecule has 0 aliphatic rings. The molecule has 2 unspecified atom stereocenters. The Hall–Kier alpha value is -1.06. The van der Waals surface area contributed by atoms with Gasteiger partial charge in [0, 0.05) is 12.6 Å². The number of aliphatic hydroxyl groups excluding tert-OH is 1. The molecule has 2 N–H and O–H groups in total. The number of methoxy groups -OCH3 is 1. The van der Waals surface area contributed by atoms with E-state index in [0.29, 0.717) is 6.54 Å². The predicted molar refractivity (Wildman–Crippen MR) is 70.3 cm³/mol. The number of rotatable bonds is 7. The lowest BCUT2D eigenvalue weighted by Crippen LogP contribution is -2.28. The Balaban J connectivity index is 2.43. The zero-order valence-corrected chi connectivity index (χ0v) is 10.9. The monoisotopic (exact) mass is 237 g/mol. The van der Waals surface area contributed by atoms with Gasteiger partial charge in [0.1, 0.15) is 5.75 Å². The van der Waals surface area contributed by atoms with E-state index in [1.165, 1.54) is 5.56 Å². The summed E-state index contributed by atoms with van der Waals surface area (Å²) in [6, 6.07) is 8.24. The molecule has 3 heteroatoms. The molecule has 0 aliphatic carbocycles. The Bertz CT molecular complexity index is 311. The van der Waals surface area contributed by atoms with Crippen molar-refractivity contribution in [3.8, 4) is 5.75 Å². The molecule has 17 heavy (non-hydrogen) atoms. The minimum Gasteiger partial charge on any atom is -0.497 e. The second kappa shape index (κ2) is 7.30. The molecule has 0 saturated heterocycles. The summed E-state index contributed by atoms with van der Waals surface area (Å²) in [6.07, 6.45) is 1.61. The lowest BCUT2D eigenvalue weighted by atomic mass is 10.1. The first-order chi connectivity index (χ1) is 8.17. The zero-order chi connectivity index (χ0) is 12.7. The Kier molecular flexibility index (Phi) is 6.01. The third-order valence-corrected chi connectivity index (χ3v) is 2.90. The minimum atomic E-state index is -0.249. The quantitative estimate of drug-likeness (QED) is 0.765. The predicted octanol–water partition coefficient (Wildman–Crippen LogP) is 2.51. The lowest BCUT2D eigenvalue weighted by Gasteiger charge is -2.17. The van der Waals surface area contributed by atoms with Crippen LogP contribution in [-0.4, -0.2) is 24.9 Å². The molecule has 0 radical (unpaired) electrons. The topological polar surface area (TPSA) is 41.5 Å². The highest BCUT2D eigenvalue weighted by Crippen LogP contribution is 2.17. The van der Waals surface area contributed by atoms with Crippen LogP contribution in [0.25, 0.3) is 0 Å². The maximum Gasteiger partial charge on any atom is 0.118 e. The van der Waals surface area contributed by atoms with Gasteiger partial charge in [-0.1, -0.05) is 25.5 Å². The Labute approximate surface area is 104 Å².